The Bertz CT molecular complexity index is 394. The minimum absolute atomic E-state index is 0.477. The summed E-state index contributed by atoms with van der Waals surface area (Å²) in [6, 6.07) is 1.68. The van der Waals surface area contributed by atoms with E-state index in [-0.39, 0.29) is 0 Å². The minimum Gasteiger partial charge on any atom is -0.223 e. The molecule has 0 aliphatic heterocycles. The van der Waals surface area contributed by atoms with Gasteiger partial charge in [0, 0.05) is 4.88 Å². The normalized spacial score (nSPS) is 11.9. The van der Waals surface area contributed by atoms with Gasteiger partial charge in [-0.05, 0) is 39.1 Å². The van der Waals surface area contributed by atoms with E-state index < -0.39 is 14.6 Å². The molecule has 1 aromatic heterocycles. The molecule has 0 unspecified atom stereocenters. The number of hydrogen-bond acceptors (Lipinski definition) is 3. The van der Waals surface area contributed by atoms with Gasteiger partial charge in [0.15, 0.2) is 9.84 Å². The largest absolute Gasteiger partial charge is 0.223 e. The van der Waals surface area contributed by atoms with Crippen LogP contribution in [-0.2, 0) is 9.84 Å². The van der Waals surface area contributed by atoms with Crippen LogP contribution in [0.15, 0.2) is 16.3 Å². The van der Waals surface area contributed by atoms with Crippen LogP contribution in [0, 0.1) is 6.92 Å². The van der Waals surface area contributed by atoms with Gasteiger partial charge in [-0.1, -0.05) is 13.8 Å². The molecule has 0 fully saturated rings. The molecule has 0 radical (unpaired) electrons. The highest BCUT2D eigenvalue weighted by atomic mass is 32.2. The summed E-state index contributed by atoms with van der Waals surface area (Å²) in [5.74, 6) is 0. The first-order chi connectivity index (χ1) is 6.77. The Kier molecular flexibility index (Phi) is 5.00. The number of sulfone groups is 1. The number of hydrogen-bond donors (Lipinski definition) is 0. The summed E-state index contributed by atoms with van der Waals surface area (Å²) >= 11 is 1.47. The molecular weight excluding hydrogens is 228 g/mol. The van der Waals surface area contributed by atoms with Crippen LogP contribution in [0.25, 0.3) is 0 Å². The van der Waals surface area contributed by atoms with E-state index in [0.29, 0.717) is 4.90 Å². The minimum atomic E-state index is -3.15. The van der Waals surface area contributed by atoms with Crippen molar-refractivity contribution in [2.45, 2.75) is 51.2 Å². The fourth-order valence-electron chi connectivity index (χ4n) is 0.982. The zero-order valence-electron chi connectivity index (χ0n) is 10.3. The van der Waals surface area contributed by atoms with E-state index in [2.05, 4.69) is 0 Å². The van der Waals surface area contributed by atoms with Gasteiger partial charge in [0.2, 0.25) is 0 Å². The molecule has 0 atom stereocenters. The van der Waals surface area contributed by atoms with Gasteiger partial charge in [0.25, 0.3) is 0 Å². The third kappa shape index (κ3) is 3.05. The van der Waals surface area contributed by atoms with E-state index in [9.17, 15) is 8.42 Å². The van der Waals surface area contributed by atoms with Crippen LogP contribution in [0.3, 0.4) is 0 Å². The molecule has 0 saturated carbocycles. The van der Waals surface area contributed by atoms with E-state index in [4.69, 9.17) is 0 Å². The van der Waals surface area contributed by atoms with Crippen molar-refractivity contribution >= 4 is 21.2 Å². The van der Waals surface area contributed by atoms with E-state index in [1.807, 2.05) is 26.2 Å². The Morgan fingerprint density at radius 3 is 1.93 bits per heavy atom. The van der Waals surface area contributed by atoms with Gasteiger partial charge in [0.05, 0.1) is 9.64 Å². The first-order valence-corrected chi connectivity index (χ1v) is 7.42. The molecule has 0 amide bonds. The fraction of sp³-hybridized carbons (Fsp3) is 0.636. The lowest BCUT2D eigenvalue weighted by molar-refractivity contribution is 0.560. The maximum Gasteiger partial charge on any atom is 0.184 e. The average Bonchev–Trinajstić information content (AvgIpc) is 2.53. The van der Waals surface area contributed by atoms with Crippen molar-refractivity contribution < 1.29 is 8.42 Å². The lowest BCUT2D eigenvalue weighted by atomic mass is 10.3. The topological polar surface area (TPSA) is 34.1 Å². The van der Waals surface area contributed by atoms with Crippen LogP contribution >= 0.6 is 11.3 Å². The van der Waals surface area contributed by atoms with Crippen molar-refractivity contribution in [3.63, 3.8) is 0 Å². The van der Waals surface area contributed by atoms with Crippen LogP contribution in [0.4, 0.5) is 0 Å². The zero-order chi connectivity index (χ0) is 12.3. The van der Waals surface area contributed by atoms with Gasteiger partial charge >= 0.3 is 0 Å². The summed E-state index contributed by atoms with van der Waals surface area (Å²) in [5.41, 5.74) is 0. The van der Waals surface area contributed by atoms with Gasteiger partial charge in [-0.15, -0.1) is 11.3 Å². The van der Waals surface area contributed by atoms with Gasteiger partial charge in [-0.2, -0.15) is 0 Å². The van der Waals surface area contributed by atoms with Crippen molar-refractivity contribution in [3.05, 3.63) is 16.3 Å². The second-order valence-corrected chi connectivity index (χ2v) is 7.75. The zero-order valence-corrected chi connectivity index (χ0v) is 11.9. The van der Waals surface area contributed by atoms with Gasteiger partial charge < -0.3 is 0 Å². The smallest absolute Gasteiger partial charge is 0.184 e. The highest BCUT2D eigenvalue weighted by Gasteiger charge is 2.32. The predicted octanol–water partition coefficient (Wildman–Crippen LogP) is 3.65. The second kappa shape index (κ2) is 5.12. The Hall–Kier alpha value is -0.350. The first-order valence-electron chi connectivity index (χ1n) is 5.05. The molecule has 1 aromatic rings. The molecule has 2 nitrogen and oxygen atoms in total. The van der Waals surface area contributed by atoms with Crippen molar-refractivity contribution in [2.75, 3.05) is 0 Å². The van der Waals surface area contributed by atoms with Gasteiger partial charge in [-0.25, -0.2) is 8.42 Å². The average molecular weight is 248 g/mol. The molecule has 1 heterocycles. The fourth-order valence-corrected chi connectivity index (χ4v) is 3.42. The lowest BCUT2D eigenvalue weighted by Crippen LogP contribution is -2.27. The molecule has 0 aliphatic rings. The van der Waals surface area contributed by atoms with Crippen molar-refractivity contribution in [1.29, 1.82) is 0 Å². The Morgan fingerprint density at radius 1 is 1.20 bits per heavy atom. The molecule has 0 aromatic carbocycles. The van der Waals surface area contributed by atoms with Gasteiger partial charge in [0.1, 0.15) is 0 Å². The maximum absolute atomic E-state index is 11.9. The monoisotopic (exact) mass is 248 g/mol. The van der Waals surface area contributed by atoms with Gasteiger partial charge in [-0.3, -0.25) is 0 Å². The Balaban J connectivity index is 0.000000921. The highest BCUT2D eigenvalue weighted by Crippen LogP contribution is 2.29. The third-order valence-corrected chi connectivity index (χ3v) is 5.52. The third-order valence-electron chi connectivity index (χ3n) is 1.91. The lowest BCUT2D eigenvalue weighted by Gasteiger charge is -2.18. The molecule has 0 N–H and O–H groups in total. The molecule has 0 spiro atoms. The maximum atomic E-state index is 11.9. The molecule has 1 rings (SSSR count). The number of aryl methyl sites for hydroxylation is 1. The Morgan fingerprint density at radius 2 is 1.67 bits per heavy atom. The summed E-state index contributed by atoms with van der Waals surface area (Å²) in [6.45, 7) is 11.0. The number of thiophene rings is 1. The van der Waals surface area contributed by atoms with Crippen LogP contribution in [0.5, 0.6) is 0 Å². The summed E-state index contributed by atoms with van der Waals surface area (Å²) < 4.78 is 23.2. The SMILES string of the molecule is CC.Cc1sccc1S(=O)(=O)C(C)(C)C. The first kappa shape index (κ1) is 14.6. The Labute approximate surface area is 97.3 Å². The van der Waals surface area contributed by atoms with E-state index >= 15 is 0 Å². The van der Waals surface area contributed by atoms with Crippen LogP contribution < -0.4 is 0 Å². The van der Waals surface area contributed by atoms with E-state index in [0.717, 1.165) is 4.88 Å². The van der Waals surface area contributed by atoms with Crippen molar-refractivity contribution in [2.24, 2.45) is 0 Å². The number of rotatable bonds is 1. The second-order valence-electron chi connectivity index (χ2n) is 3.96. The quantitative estimate of drug-likeness (QED) is 0.760. The van der Waals surface area contributed by atoms with Crippen molar-refractivity contribution in [3.8, 4) is 0 Å². The molecule has 0 aliphatic carbocycles. The van der Waals surface area contributed by atoms with E-state index in [1.54, 1.807) is 26.8 Å². The highest BCUT2D eigenvalue weighted by molar-refractivity contribution is 7.93. The molecule has 15 heavy (non-hydrogen) atoms. The molecule has 4 heteroatoms. The van der Waals surface area contributed by atoms with Crippen LogP contribution in [0.2, 0.25) is 0 Å². The van der Waals surface area contributed by atoms with E-state index in [1.165, 1.54) is 11.3 Å². The predicted molar refractivity (Wildman–Crippen MR) is 67.3 cm³/mol. The summed E-state index contributed by atoms with van der Waals surface area (Å²) in [5, 5.41) is 1.81. The van der Waals surface area contributed by atoms with Crippen LogP contribution in [0.1, 0.15) is 39.5 Å². The summed E-state index contributed by atoms with van der Waals surface area (Å²) in [7, 11) is -3.15. The summed E-state index contributed by atoms with van der Waals surface area (Å²) in [4.78, 5) is 1.35. The molecular formula is C11H20O2S2. The standard InChI is InChI=1S/C9H14O2S2.C2H6/c1-7-8(5-6-12-7)13(10,11)9(2,3)4;1-2/h5-6H,1-4H3;1-2H3. The van der Waals surface area contributed by atoms with Crippen LogP contribution in [-0.4, -0.2) is 13.2 Å². The molecule has 88 valence electrons. The molecule has 0 saturated heterocycles. The summed E-state index contributed by atoms with van der Waals surface area (Å²) in [6.07, 6.45) is 0. The molecule has 0 bridgehead atoms. The van der Waals surface area contributed by atoms with Crippen molar-refractivity contribution in [1.82, 2.24) is 0 Å².